The molecule has 6 heteroatoms. The molecule has 0 saturated heterocycles. The molecule has 0 fully saturated rings. The first-order valence-corrected chi connectivity index (χ1v) is 8.40. The molecule has 0 atom stereocenters. The van der Waals surface area contributed by atoms with Crippen molar-refractivity contribution in [2.45, 2.75) is 44.5 Å². The molecule has 0 radical (unpaired) electrons. The summed E-state index contributed by atoms with van der Waals surface area (Å²) < 4.78 is 28.2. The van der Waals surface area contributed by atoms with Crippen LogP contribution in [0.5, 0.6) is 0 Å². The van der Waals surface area contributed by atoms with E-state index in [1.54, 1.807) is 19.3 Å². The third-order valence-electron chi connectivity index (χ3n) is 2.93. The highest BCUT2D eigenvalue weighted by Gasteiger charge is 2.24. The van der Waals surface area contributed by atoms with Gasteiger partial charge in [-0.15, -0.1) is 11.6 Å². The van der Waals surface area contributed by atoms with Crippen molar-refractivity contribution in [3.8, 4) is 0 Å². The first-order valence-electron chi connectivity index (χ1n) is 6.43. The van der Waals surface area contributed by atoms with Crippen molar-refractivity contribution in [3.63, 3.8) is 0 Å². The zero-order chi connectivity index (χ0) is 14.8. The average molecular weight is 307 g/mol. The second-order valence-electron chi connectivity index (χ2n) is 5.48. The van der Waals surface area contributed by atoms with Crippen LogP contribution in [0.3, 0.4) is 0 Å². The van der Waals surface area contributed by atoms with Gasteiger partial charge in [0.15, 0.2) is 0 Å². The first-order chi connectivity index (χ1) is 8.70. The van der Waals surface area contributed by atoms with Gasteiger partial charge in [-0.3, -0.25) is 0 Å². The quantitative estimate of drug-likeness (QED) is 0.758. The monoisotopic (exact) mass is 306 g/mol. The van der Waals surface area contributed by atoms with Crippen LogP contribution in [0.1, 0.15) is 39.4 Å². The van der Waals surface area contributed by atoms with E-state index >= 15 is 0 Å². The summed E-state index contributed by atoms with van der Waals surface area (Å²) in [6, 6.07) is 1.85. The van der Waals surface area contributed by atoms with Gasteiger partial charge in [-0.25, -0.2) is 12.7 Å². The number of rotatable bonds is 6. The Kier molecular flexibility index (Phi) is 5.47. The van der Waals surface area contributed by atoms with Crippen LogP contribution in [0.4, 0.5) is 0 Å². The third kappa shape index (κ3) is 3.74. The number of nitrogens with zero attached hydrogens (tertiary/aromatic N) is 2. The maximum absolute atomic E-state index is 12.4. The van der Waals surface area contributed by atoms with Gasteiger partial charge in [-0.2, -0.15) is 0 Å². The van der Waals surface area contributed by atoms with E-state index in [-0.39, 0.29) is 6.04 Å². The highest BCUT2D eigenvalue weighted by molar-refractivity contribution is 7.89. The van der Waals surface area contributed by atoms with Crippen molar-refractivity contribution < 1.29 is 8.42 Å². The number of aromatic nitrogens is 1. The first kappa shape index (κ1) is 16.5. The fourth-order valence-corrected chi connectivity index (χ4v) is 3.62. The SMILES string of the molecule is CC(C)CN(C)S(=O)(=O)c1cc(CCl)n(C(C)C)c1. The minimum atomic E-state index is -3.43. The maximum atomic E-state index is 12.4. The molecule has 19 heavy (non-hydrogen) atoms. The Morgan fingerprint density at radius 2 is 1.89 bits per heavy atom. The Hall–Kier alpha value is -0.520. The molecule has 1 rings (SSSR count). The molecule has 1 aromatic rings. The Morgan fingerprint density at radius 1 is 1.32 bits per heavy atom. The lowest BCUT2D eigenvalue weighted by Gasteiger charge is -2.18. The summed E-state index contributed by atoms with van der Waals surface area (Å²) in [5.41, 5.74) is 0.827. The van der Waals surface area contributed by atoms with Crippen molar-refractivity contribution in [1.82, 2.24) is 8.87 Å². The van der Waals surface area contributed by atoms with Crippen LogP contribution in [-0.4, -0.2) is 30.9 Å². The number of hydrogen-bond acceptors (Lipinski definition) is 2. The Morgan fingerprint density at radius 3 is 2.26 bits per heavy atom. The van der Waals surface area contributed by atoms with E-state index in [1.165, 1.54) is 4.31 Å². The summed E-state index contributed by atoms with van der Waals surface area (Å²) in [4.78, 5) is 0.319. The average Bonchev–Trinajstić information content (AvgIpc) is 2.72. The summed E-state index contributed by atoms with van der Waals surface area (Å²) in [5, 5.41) is 0. The van der Waals surface area contributed by atoms with E-state index in [2.05, 4.69) is 0 Å². The summed E-state index contributed by atoms with van der Waals surface area (Å²) in [7, 11) is -1.81. The van der Waals surface area contributed by atoms with E-state index in [9.17, 15) is 8.42 Å². The van der Waals surface area contributed by atoms with Gasteiger partial charge in [0.1, 0.15) is 4.90 Å². The summed E-state index contributed by atoms with van der Waals surface area (Å²) >= 11 is 5.87. The smallest absolute Gasteiger partial charge is 0.244 e. The zero-order valence-electron chi connectivity index (χ0n) is 12.2. The van der Waals surface area contributed by atoms with Crippen LogP contribution in [0.2, 0.25) is 0 Å². The van der Waals surface area contributed by atoms with E-state index in [0.29, 0.717) is 23.2 Å². The van der Waals surface area contributed by atoms with Gasteiger partial charge in [0.25, 0.3) is 0 Å². The van der Waals surface area contributed by atoms with Gasteiger partial charge in [0, 0.05) is 31.5 Å². The molecule has 0 aliphatic heterocycles. The molecule has 0 aliphatic rings. The Labute approximate surface area is 121 Å². The standard InChI is InChI=1S/C13H23ClN2O2S/c1-10(2)8-15(5)19(17,18)13-6-12(7-14)16(9-13)11(3)4/h6,9-11H,7-8H2,1-5H3. The minimum Gasteiger partial charge on any atom is -0.346 e. The summed E-state index contributed by atoms with van der Waals surface area (Å²) in [5.74, 6) is 0.598. The van der Waals surface area contributed by atoms with Crippen molar-refractivity contribution in [2.75, 3.05) is 13.6 Å². The second kappa shape index (κ2) is 6.29. The summed E-state index contributed by atoms with van der Waals surface area (Å²) in [6.45, 7) is 8.50. The van der Waals surface area contributed by atoms with Crippen molar-refractivity contribution in [2.24, 2.45) is 5.92 Å². The van der Waals surface area contributed by atoms with E-state index < -0.39 is 10.0 Å². The minimum absolute atomic E-state index is 0.188. The van der Waals surface area contributed by atoms with Gasteiger partial charge in [0.2, 0.25) is 10.0 Å². The predicted octanol–water partition coefficient (Wildman–Crippen LogP) is 3.08. The molecule has 4 nitrogen and oxygen atoms in total. The molecule has 1 aromatic heterocycles. The van der Waals surface area contributed by atoms with E-state index in [4.69, 9.17) is 11.6 Å². The Balaban J connectivity index is 3.15. The summed E-state index contributed by atoms with van der Waals surface area (Å²) in [6.07, 6.45) is 1.68. The fourth-order valence-electron chi connectivity index (χ4n) is 2.02. The molecule has 110 valence electrons. The second-order valence-corrected chi connectivity index (χ2v) is 7.79. The van der Waals surface area contributed by atoms with Crippen LogP contribution < -0.4 is 0 Å². The molecular formula is C13H23ClN2O2S. The normalized spacial score (nSPS) is 12.9. The molecule has 0 unspecified atom stereocenters. The van der Waals surface area contributed by atoms with Crippen molar-refractivity contribution in [1.29, 1.82) is 0 Å². The van der Waals surface area contributed by atoms with Gasteiger partial charge >= 0.3 is 0 Å². The molecule has 0 aliphatic carbocycles. The van der Waals surface area contributed by atoms with E-state index in [1.807, 2.05) is 32.3 Å². The van der Waals surface area contributed by atoms with E-state index in [0.717, 1.165) is 5.69 Å². The molecule has 1 heterocycles. The molecule has 0 N–H and O–H groups in total. The van der Waals surface area contributed by atoms with Crippen molar-refractivity contribution >= 4 is 21.6 Å². The molecular weight excluding hydrogens is 284 g/mol. The number of hydrogen-bond donors (Lipinski definition) is 0. The third-order valence-corrected chi connectivity index (χ3v) is 4.99. The highest BCUT2D eigenvalue weighted by Crippen LogP contribution is 2.23. The van der Waals surface area contributed by atoms with Gasteiger partial charge in [-0.1, -0.05) is 13.8 Å². The van der Waals surface area contributed by atoms with Gasteiger partial charge in [0.05, 0.1) is 5.88 Å². The lowest BCUT2D eigenvalue weighted by atomic mass is 10.2. The topological polar surface area (TPSA) is 42.3 Å². The van der Waals surface area contributed by atoms with Crippen LogP contribution in [0.25, 0.3) is 0 Å². The van der Waals surface area contributed by atoms with Crippen molar-refractivity contribution in [3.05, 3.63) is 18.0 Å². The van der Waals surface area contributed by atoms with Crippen LogP contribution in [0, 0.1) is 5.92 Å². The maximum Gasteiger partial charge on any atom is 0.244 e. The molecule has 0 spiro atoms. The predicted molar refractivity (Wildman–Crippen MR) is 79.0 cm³/mol. The van der Waals surface area contributed by atoms with Crippen LogP contribution >= 0.6 is 11.6 Å². The lowest BCUT2D eigenvalue weighted by molar-refractivity contribution is 0.417. The van der Waals surface area contributed by atoms with Gasteiger partial charge in [-0.05, 0) is 25.8 Å². The number of sulfonamides is 1. The molecule has 0 aromatic carbocycles. The Bertz CT molecular complexity index is 521. The largest absolute Gasteiger partial charge is 0.346 e. The fraction of sp³-hybridized carbons (Fsp3) is 0.692. The molecule has 0 saturated carbocycles. The van der Waals surface area contributed by atoms with Crippen LogP contribution in [-0.2, 0) is 15.9 Å². The molecule has 0 bridgehead atoms. The number of halogens is 1. The zero-order valence-corrected chi connectivity index (χ0v) is 13.8. The highest BCUT2D eigenvalue weighted by atomic mass is 35.5. The molecule has 0 amide bonds. The lowest BCUT2D eigenvalue weighted by Crippen LogP contribution is -2.30. The van der Waals surface area contributed by atoms with Gasteiger partial charge < -0.3 is 4.57 Å². The van der Waals surface area contributed by atoms with Crippen LogP contribution in [0.15, 0.2) is 17.2 Å². The number of alkyl halides is 1.